The predicted molar refractivity (Wildman–Crippen MR) is 306 cm³/mol. The van der Waals surface area contributed by atoms with Gasteiger partial charge in [-0.3, -0.25) is 9.59 Å². The van der Waals surface area contributed by atoms with E-state index in [1.54, 1.807) is 0 Å². The molecule has 0 radical (unpaired) electrons. The van der Waals surface area contributed by atoms with Crippen molar-refractivity contribution in [1.82, 2.24) is 5.32 Å². The fourth-order valence-electron chi connectivity index (χ4n) is 9.92. The van der Waals surface area contributed by atoms with Crippen molar-refractivity contribution in [2.75, 3.05) is 13.2 Å². The van der Waals surface area contributed by atoms with Gasteiger partial charge in [-0.1, -0.05) is 308 Å². The van der Waals surface area contributed by atoms with Crippen LogP contribution in [0.1, 0.15) is 348 Å². The molecule has 2 unspecified atom stereocenters. The van der Waals surface area contributed by atoms with E-state index in [1.165, 1.54) is 263 Å². The average Bonchev–Trinajstić information content (AvgIpc) is 3.36. The van der Waals surface area contributed by atoms with Gasteiger partial charge in [0.25, 0.3) is 0 Å². The van der Waals surface area contributed by atoms with Crippen molar-refractivity contribution < 1.29 is 24.5 Å². The van der Waals surface area contributed by atoms with Crippen LogP contribution in [0.4, 0.5) is 0 Å². The molecule has 0 aromatic heterocycles. The molecule has 0 aliphatic rings. The summed E-state index contributed by atoms with van der Waals surface area (Å²) in [5.74, 6) is -0.0298. The number of esters is 1. The first kappa shape index (κ1) is 68.3. The molecule has 3 N–H and O–H groups in total. The third-order valence-electron chi connectivity index (χ3n) is 14.7. The standard InChI is InChI=1S/C64H123NO5/c1-3-5-7-9-11-13-15-17-29-33-36-40-44-48-52-56-62(67)61(60-66)65-63(68)57-53-49-45-41-37-34-30-27-25-23-21-19-18-20-22-24-26-28-31-35-39-43-47-51-55-59-70-64(69)58-54-50-46-42-38-32-16-14-12-10-8-6-4-2/h8,10,14,16,61-62,66-67H,3-7,9,11-13,15,17-60H2,1-2H3,(H,65,68)/b10-8-,16-14-. The van der Waals surface area contributed by atoms with Gasteiger partial charge in [-0.05, 0) is 51.4 Å². The lowest BCUT2D eigenvalue weighted by molar-refractivity contribution is -0.143. The van der Waals surface area contributed by atoms with Crippen LogP contribution < -0.4 is 5.32 Å². The van der Waals surface area contributed by atoms with Crippen molar-refractivity contribution in [2.24, 2.45) is 0 Å². The zero-order valence-corrected chi connectivity index (χ0v) is 47.3. The highest BCUT2D eigenvalue weighted by molar-refractivity contribution is 5.76. The number of hydrogen-bond acceptors (Lipinski definition) is 5. The second-order valence-electron chi connectivity index (χ2n) is 21.7. The smallest absolute Gasteiger partial charge is 0.305 e. The summed E-state index contributed by atoms with van der Waals surface area (Å²) in [5.41, 5.74) is 0. The Hall–Kier alpha value is -1.66. The number of hydrogen-bond donors (Lipinski definition) is 3. The summed E-state index contributed by atoms with van der Waals surface area (Å²) in [7, 11) is 0. The molecule has 414 valence electrons. The zero-order valence-electron chi connectivity index (χ0n) is 47.3. The maximum atomic E-state index is 12.5. The lowest BCUT2D eigenvalue weighted by Gasteiger charge is -2.22. The van der Waals surface area contributed by atoms with Crippen molar-refractivity contribution in [3.63, 3.8) is 0 Å². The molecule has 0 aromatic carbocycles. The van der Waals surface area contributed by atoms with Crippen LogP contribution in [0.3, 0.4) is 0 Å². The molecule has 0 fully saturated rings. The Balaban J connectivity index is 3.36. The average molecular weight is 987 g/mol. The maximum Gasteiger partial charge on any atom is 0.305 e. The van der Waals surface area contributed by atoms with Gasteiger partial charge in [0.1, 0.15) is 0 Å². The van der Waals surface area contributed by atoms with Gasteiger partial charge in [0, 0.05) is 12.8 Å². The predicted octanol–water partition coefficient (Wildman–Crippen LogP) is 19.8. The van der Waals surface area contributed by atoms with E-state index in [-0.39, 0.29) is 18.5 Å². The third kappa shape index (κ3) is 55.7. The molecule has 0 aromatic rings. The Kier molecular flexibility index (Phi) is 58.5. The summed E-state index contributed by atoms with van der Waals surface area (Å²) in [6, 6.07) is -0.540. The third-order valence-corrected chi connectivity index (χ3v) is 14.7. The second kappa shape index (κ2) is 59.9. The molecule has 0 saturated heterocycles. The second-order valence-corrected chi connectivity index (χ2v) is 21.7. The Morgan fingerprint density at radius 2 is 0.743 bits per heavy atom. The fraction of sp³-hybridized carbons (Fsp3) is 0.906. The molecule has 0 spiro atoms. The minimum absolute atomic E-state index is 0.00135. The van der Waals surface area contributed by atoms with E-state index in [1.807, 2.05) is 0 Å². The van der Waals surface area contributed by atoms with Gasteiger partial charge in [0.2, 0.25) is 5.91 Å². The molecule has 0 bridgehead atoms. The molecule has 0 rings (SSSR count). The lowest BCUT2D eigenvalue weighted by atomic mass is 10.0. The summed E-state index contributed by atoms with van der Waals surface area (Å²) in [4.78, 5) is 24.5. The van der Waals surface area contributed by atoms with Gasteiger partial charge in [0.15, 0.2) is 0 Å². The van der Waals surface area contributed by atoms with Crippen molar-refractivity contribution >= 4 is 11.9 Å². The van der Waals surface area contributed by atoms with Crippen LogP contribution in [0.25, 0.3) is 0 Å². The van der Waals surface area contributed by atoms with Gasteiger partial charge < -0.3 is 20.3 Å². The molecule has 70 heavy (non-hydrogen) atoms. The normalized spacial score (nSPS) is 12.7. The van der Waals surface area contributed by atoms with Crippen molar-refractivity contribution in [1.29, 1.82) is 0 Å². The quantitative estimate of drug-likeness (QED) is 0.0321. The van der Waals surface area contributed by atoms with Crippen LogP contribution >= 0.6 is 0 Å². The van der Waals surface area contributed by atoms with Gasteiger partial charge >= 0.3 is 5.97 Å². The molecule has 0 heterocycles. The molecule has 2 atom stereocenters. The van der Waals surface area contributed by atoms with Crippen LogP contribution in [0.2, 0.25) is 0 Å². The van der Waals surface area contributed by atoms with Gasteiger partial charge in [-0.25, -0.2) is 0 Å². The van der Waals surface area contributed by atoms with E-state index in [2.05, 4.69) is 43.5 Å². The number of ether oxygens (including phenoxy) is 1. The first-order valence-corrected chi connectivity index (χ1v) is 31.6. The highest BCUT2D eigenvalue weighted by Crippen LogP contribution is 2.18. The van der Waals surface area contributed by atoms with Gasteiger partial charge in [-0.2, -0.15) is 0 Å². The van der Waals surface area contributed by atoms with E-state index < -0.39 is 12.1 Å². The first-order chi connectivity index (χ1) is 34.5. The van der Waals surface area contributed by atoms with E-state index in [0.717, 1.165) is 51.4 Å². The number of aliphatic hydroxyl groups excluding tert-OH is 2. The number of unbranched alkanes of at least 4 members (excludes halogenated alkanes) is 44. The minimum atomic E-state index is -0.662. The molecule has 1 amide bonds. The Morgan fingerprint density at radius 3 is 1.14 bits per heavy atom. The van der Waals surface area contributed by atoms with Crippen molar-refractivity contribution in [2.45, 2.75) is 360 Å². The summed E-state index contributed by atoms with van der Waals surface area (Å²) >= 11 is 0. The Labute approximate surface area is 437 Å². The Morgan fingerprint density at radius 1 is 0.400 bits per heavy atom. The van der Waals surface area contributed by atoms with Crippen LogP contribution in [0, 0.1) is 0 Å². The van der Waals surface area contributed by atoms with Crippen LogP contribution in [-0.4, -0.2) is 47.4 Å². The minimum Gasteiger partial charge on any atom is -0.466 e. The lowest BCUT2D eigenvalue weighted by Crippen LogP contribution is -2.45. The largest absolute Gasteiger partial charge is 0.466 e. The van der Waals surface area contributed by atoms with Crippen LogP contribution in [-0.2, 0) is 14.3 Å². The fourth-order valence-corrected chi connectivity index (χ4v) is 9.92. The zero-order chi connectivity index (χ0) is 50.7. The van der Waals surface area contributed by atoms with E-state index in [9.17, 15) is 19.8 Å². The molecular formula is C64H123NO5. The molecular weight excluding hydrogens is 863 g/mol. The number of rotatable bonds is 59. The van der Waals surface area contributed by atoms with E-state index in [0.29, 0.717) is 25.9 Å². The SMILES string of the molecule is CCC/C=C\C/C=C\CCCCCCCC(=O)OCCCCCCCCCCCCCCCCCCCCCCCCCCCC(=O)NC(CO)C(O)CCCCCCCCCCCCCCCCC. The first-order valence-electron chi connectivity index (χ1n) is 31.6. The van der Waals surface area contributed by atoms with Crippen molar-refractivity contribution in [3.8, 4) is 0 Å². The van der Waals surface area contributed by atoms with Crippen LogP contribution in [0.15, 0.2) is 24.3 Å². The van der Waals surface area contributed by atoms with Gasteiger partial charge in [-0.15, -0.1) is 0 Å². The monoisotopic (exact) mass is 986 g/mol. The topological polar surface area (TPSA) is 95.9 Å². The summed E-state index contributed by atoms with van der Waals surface area (Å²) in [6.07, 6.45) is 73.4. The summed E-state index contributed by atoms with van der Waals surface area (Å²) in [6.45, 7) is 4.91. The molecule has 0 saturated carbocycles. The van der Waals surface area contributed by atoms with Crippen molar-refractivity contribution in [3.05, 3.63) is 24.3 Å². The molecule has 0 aliphatic carbocycles. The summed E-state index contributed by atoms with van der Waals surface area (Å²) in [5, 5.41) is 23.3. The molecule has 6 nitrogen and oxygen atoms in total. The van der Waals surface area contributed by atoms with Crippen LogP contribution in [0.5, 0.6) is 0 Å². The maximum absolute atomic E-state index is 12.5. The highest BCUT2D eigenvalue weighted by Gasteiger charge is 2.20. The number of amides is 1. The summed E-state index contributed by atoms with van der Waals surface area (Å²) < 4.78 is 5.47. The number of carbonyl (C=O) groups is 2. The number of carbonyl (C=O) groups excluding carboxylic acids is 2. The number of allylic oxidation sites excluding steroid dienone is 4. The number of nitrogens with one attached hydrogen (secondary N) is 1. The highest BCUT2D eigenvalue weighted by atomic mass is 16.5. The Bertz CT molecular complexity index is 1090. The molecule has 6 heteroatoms. The molecule has 0 aliphatic heterocycles. The number of aliphatic hydroxyl groups is 2. The van der Waals surface area contributed by atoms with Gasteiger partial charge in [0.05, 0.1) is 25.4 Å². The van der Waals surface area contributed by atoms with E-state index in [4.69, 9.17) is 4.74 Å². The van der Waals surface area contributed by atoms with E-state index >= 15 is 0 Å².